The van der Waals surface area contributed by atoms with Crippen molar-refractivity contribution < 1.29 is 5.11 Å². The Kier molecular flexibility index (Phi) is 4.49. The highest BCUT2D eigenvalue weighted by atomic mass is 32.1. The molecule has 0 aliphatic heterocycles. The molecule has 0 unspecified atom stereocenters. The van der Waals surface area contributed by atoms with Gasteiger partial charge in [-0.25, -0.2) is 4.98 Å². The maximum absolute atomic E-state index is 9.50. The van der Waals surface area contributed by atoms with Gasteiger partial charge < -0.3 is 10.4 Å². The van der Waals surface area contributed by atoms with Gasteiger partial charge in [-0.3, -0.25) is 0 Å². The van der Waals surface area contributed by atoms with Crippen LogP contribution in [-0.2, 0) is 5.41 Å². The third kappa shape index (κ3) is 3.39. The number of nitrogens with one attached hydrogen (secondary N) is 1. The quantitative estimate of drug-likeness (QED) is 0.851. The van der Waals surface area contributed by atoms with E-state index in [9.17, 15) is 5.11 Å². The van der Waals surface area contributed by atoms with Crippen molar-refractivity contribution in [1.82, 2.24) is 9.36 Å². The molecule has 2 N–H and O–H groups in total. The van der Waals surface area contributed by atoms with Gasteiger partial charge in [0.1, 0.15) is 5.82 Å². The topological polar surface area (TPSA) is 58.0 Å². The third-order valence-corrected chi connectivity index (χ3v) is 3.76. The average Bonchev–Trinajstić information content (AvgIpc) is 2.74. The van der Waals surface area contributed by atoms with Crippen molar-refractivity contribution in [3.05, 3.63) is 5.82 Å². The van der Waals surface area contributed by atoms with E-state index in [0.29, 0.717) is 0 Å². The van der Waals surface area contributed by atoms with Gasteiger partial charge in [0.2, 0.25) is 5.13 Å². The van der Waals surface area contributed by atoms with Gasteiger partial charge in [0.05, 0.1) is 12.1 Å². The van der Waals surface area contributed by atoms with Crippen LogP contribution in [0.5, 0.6) is 0 Å². The summed E-state index contributed by atoms with van der Waals surface area (Å²) in [4.78, 5) is 4.50. The van der Waals surface area contributed by atoms with Crippen molar-refractivity contribution in [2.24, 2.45) is 0 Å². The zero-order chi connectivity index (χ0) is 13.1. The van der Waals surface area contributed by atoms with E-state index in [1.165, 1.54) is 11.5 Å². The van der Waals surface area contributed by atoms with Crippen molar-refractivity contribution >= 4 is 16.7 Å². The molecule has 0 spiro atoms. The smallest absolute Gasteiger partial charge is 0.203 e. The minimum Gasteiger partial charge on any atom is -0.394 e. The largest absolute Gasteiger partial charge is 0.394 e. The van der Waals surface area contributed by atoms with Crippen LogP contribution in [0.15, 0.2) is 0 Å². The second kappa shape index (κ2) is 5.31. The minimum atomic E-state index is -0.269. The summed E-state index contributed by atoms with van der Waals surface area (Å²) in [5, 5.41) is 13.6. The second-order valence-electron chi connectivity index (χ2n) is 5.44. The Bertz CT molecular complexity index is 345. The van der Waals surface area contributed by atoms with Gasteiger partial charge in [-0.1, -0.05) is 34.6 Å². The summed E-state index contributed by atoms with van der Waals surface area (Å²) in [6.07, 6.45) is 1.73. The Morgan fingerprint density at radius 1 is 1.24 bits per heavy atom. The lowest BCUT2D eigenvalue weighted by atomic mass is 9.94. The van der Waals surface area contributed by atoms with Crippen molar-refractivity contribution in [3.8, 4) is 0 Å². The molecule has 5 heteroatoms. The van der Waals surface area contributed by atoms with E-state index >= 15 is 0 Å². The van der Waals surface area contributed by atoms with Crippen LogP contribution in [0.25, 0.3) is 0 Å². The Morgan fingerprint density at radius 2 is 1.82 bits per heavy atom. The van der Waals surface area contributed by atoms with Crippen LogP contribution >= 0.6 is 11.5 Å². The van der Waals surface area contributed by atoms with Crippen LogP contribution < -0.4 is 5.32 Å². The highest BCUT2D eigenvalue weighted by Crippen LogP contribution is 2.27. The van der Waals surface area contributed by atoms with Gasteiger partial charge >= 0.3 is 0 Å². The summed E-state index contributed by atoms with van der Waals surface area (Å²) in [5.74, 6) is 0.851. The van der Waals surface area contributed by atoms with Gasteiger partial charge in [-0.05, 0) is 12.8 Å². The number of rotatable bonds is 5. The summed E-state index contributed by atoms with van der Waals surface area (Å²) < 4.78 is 4.36. The first-order valence-electron chi connectivity index (χ1n) is 6.10. The molecule has 0 fully saturated rings. The Morgan fingerprint density at radius 3 is 2.18 bits per heavy atom. The molecule has 0 atom stereocenters. The lowest BCUT2D eigenvalue weighted by Crippen LogP contribution is -2.40. The molecule has 0 bridgehead atoms. The first-order chi connectivity index (χ1) is 7.87. The summed E-state index contributed by atoms with van der Waals surface area (Å²) in [5.41, 5.74) is -0.300. The molecule has 17 heavy (non-hydrogen) atoms. The van der Waals surface area contributed by atoms with Crippen LogP contribution in [-0.4, -0.2) is 26.6 Å². The lowest BCUT2D eigenvalue weighted by molar-refractivity contribution is 0.202. The zero-order valence-electron chi connectivity index (χ0n) is 11.4. The van der Waals surface area contributed by atoms with Gasteiger partial charge in [-0.2, -0.15) is 4.37 Å². The van der Waals surface area contributed by atoms with Gasteiger partial charge in [0.15, 0.2) is 0 Å². The molecule has 0 aliphatic carbocycles. The van der Waals surface area contributed by atoms with Crippen LogP contribution in [0.2, 0.25) is 0 Å². The fourth-order valence-corrected chi connectivity index (χ4v) is 2.37. The molecule has 98 valence electrons. The van der Waals surface area contributed by atoms with Crippen molar-refractivity contribution in [1.29, 1.82) is 0 Å². The van der Waals surface area contributed by atoms with E-state index in [1.807, 2.05) is 0 Å². The van der Waals surface area contributed by atoms with E-state index in [0.717, 1.165) is 23.8 Å². The highest BCUT2D eigenvalue weighted by molar-refractivity contribution is 7.09. The average molecular weight is 257 g/mol. The normalized spacial score (nSPS) is 12.8. The van der Waals surface area contributed by atoms with Gasteiger partial charge in [0, 0.05) is 16.9 Å². The Hall–Kier alpha value is -0.680. The van der Waals surface area contributed by atoms with Crippen molar-refractivity contribution in [3.63, 3.8) is 0 Å². The molecule has 0 saturated heterocycles. The molecule has 1 heterocycles. The number of aromatic nitrogens is 2. The highest BCUT2D eigenvalue weighted by Gasteiger charge is 2.27. The van der Waals surface area contributed by atoms with E-state index in [1.54, 1.807) is 0 Å². The maximum atomic E-state index is 9.50. The summed E-state index contributed by atoms with van der Waals surface area (Å²) >= 11 is 1.37. The van der Waals surface area contributed by atoms with Gasteiger partial charge in [-0.15, -0.1) is 0 Å². The molecule has 1 aromatic rings. The lowest BCUT2D eigenvalue weighted by Gasteiger charge is -2.30. The first kappa shape index (κ1) is 14.4. The molecule has 0 amide bonds. The molecule has 0 saturated carbocycles. The molecule has 4 nitrogen and oxygen atoms in total. The molecular formula is C12H23N3OS. The number of anilines is 1. The number of aliphatic hydroxyl groups is 1. The fraction of sp³-hybridized carbons (Fsp3) is 0.833. The summed E-state index contributed by atoms with van der Waals surface area (Å²) in [7, 11) is 0. The second-order valence-corrected chi connectivity index (χ2v) is 6.20. The minimum absolute atomic E-state index is 0.0310. The monoisotopic (exact) mass is 257 g/mol. The van der Waals surface area contributed by atoms with Crippen molar-refractivity contribution in [2.45, 2.75) is 58.4 Å². The molecule has 1 aromatic heterocycles. The van der Waals surface area contributed by atoms with Gasteiger partial charge in [0.25, 0.3) is 0 Å². The number of hydrogen-bond acceptors (Lipinski definition) is 5. The Balaban J connectivity index is 2.85. The molecule has 1 rings (SSSR count). The maximum Gasteiger partial charge on any atom is 0.203 e. The molecule has 0 aromatic carbocycles. The zero-order valence-corrected chi connectivity index (χ0v) is 12.2. The molecular weight excluding hydrogens is 234 g/mol. The van der Waals surface area contributed by atoms with E-state index in [-0.39, 0.29) is 17.6 Å². The predicted octanol–water partition coefficient (Wildman–Crippen LogP) is 2.80. The van der Waals surface area contributed by atoms with Crippen LogP contribution in [0, 0.1) is 0 Å². The van der Waals surface area contributed by atoms with Crippen LogP contribution in [0.4, 0.5) is 5.13 Å². The molecule has 0 radical (unpaired) electrons. The number of aliphatic hydroxyl groups excluding tert-OH is 1. The number of nitrogens with zero attached hydrogens (tertiary/aromatic N) is 2. The standard InChI is InChI=1S/C12H23N3OS/c1-6-12(7-2,8-16)14-10-13-9(15-17-10)11(3,4)5/h16H,6-8H2,1-5H3,(H,13,14,15). The predicted molar refractivity (Wildman–Crippen MR) is 72.6 cm³/mol. The summed E-state index contributed by atoms with van der Waals surface area (Å²) in [6, 6.07) is 0. The third-order valence-electron chi connectivity index (χ3n) is 3.13. The van der Waals surface area contributed by atoms with Crippen LogP contribution in [0.3, 0.4) is 0 Å². The molecule has 0 aliphatic rings. The van der Waals surface area contributed by atoms with E-state index in [4.69, 9.17) is 0 Å². The Labute approximate surface area is 108 Å². The summed E-state index contributed by atoms with van der Waals surface area (Å²) in [6.45, 7) is 10.5. The van der Waals surface area contributed by atoms with Crippen LogP contribution in [0.1, 0.15) is 53.3 Å². The first-order valence-corrected chi connectivity index (χ1v) is 6.87. The van der Waals surface area contributed by atoms with Crippen molar-refractivity contribution in [2.75, 3.05) is 11.9 Å². The fourth-order valence-electron chi connectivity index (χ4n) is 1.50. The number of hydrogen-bond donors (Lipinski definition) is 2. The SMILES string of the molecule is CCC(CC)(CO)Nc1nc(C(C)(C)C)ns1. The van der Waals surface area contributed by atoms with E-state index in [2.05, 4.69) is 49.3 Å². The van der Waals surface area contributed by atoms with E-state index < -0.39 is 0 Å².